The van der Waals surface area contributed by atoms with Gasteiger partial charge in [-0.15, -0.1) is 0 Å². The number of hydrogen-bond acceptors (Lipinski definition) is 4. The number of amides is 2. The lowest BCUT2D eigenvalue weighted by Gasteiger charge is -2.12. The Hall–Kier alpha value is -4.43. The molecule has 0 atom stereocenters. The molecule has 2 amide bonds. The Labute approximate surface area is 212 Å². The Morgan fingerprint density at radius 3 is 2.58 bits per heavy atom. The second kappa shape index (κ2) is 10.9. The molecule has 4 rings (SSSR count). The van der Waals surface area contributed by atoms with E-state index in [1.807, 2.05) is 31.2 Å². The van der Waals surface area contributed by atoms with Gasteiger partial charge in [0.1, 0.15) is 5.70 Å². The molecule has 0 aliphatic carbocycles. The number of non-ortho nitro benzene ring substituents is 1. The first-order valence-corrected chi connectivity index (χ1v) is 11.6. The maximum atomic E-state index is 13.1. The smallest absolute Gasteiger partial charge is 0.270 e. The standard InChI is InChI=1S/C27H23ClN4O4/c1-17-20(21-9-3-5-12-24(21)30-17)13-14-29-27(34)25(16-18-7-6-8-19(15-18)32(35)36)31-26(33)22-10-2-4-11-23(22)28/h2-12,15-16,30H,13-14H2,1H3,(H,29,34)(H,31,33)/b25-16-. The normalized spacial score (nSPS) is 11.3. The van der Waals surface area contributed by atoms with Crippen LogP contribution in [-0.2, 0) is 11.2 Å². The van der Waals surface area contributed by atoms with Crippen LogP contribution in [0.5, 0.6) is 0 Å². The van der Waals surface area contributed by atoms with Crippen molar-refractivity contribution >= 4 is 46.1 Å². The highest BCUT2D eigenvalue weighted by Crippen LogP contribution is 2.22. The largest absolute Gasteiger partial charge is 0.358 e. The molecule has 0 radical (unpaired) electrons. The highest BCUT2D eigenvalue weighted by Gasteiger charge is 2.17. The van der Waals surface area contributed by atoms with Crippen molar-refractivity contribution in [2.24, 2.45) is 0 Å². The quantitative estimate of drug-likeness (QED) is 0.175. The third-order valence-electron chi connectivity index (χ3n) is 5.69. The van der Waals surface area contributed by atoms with Gasteiger partial charge in [0.05, 0.1) is 15.5 Å². The molecule has 0 spiro atoms. The predicted molar refractivity (Wildman–Crippen MR) is 140 cm³/mol. The van der Waals surface area contributed by atoms with Gasteiger partial charge in [-0.3, -0.25) is 19.7 Å². The van der Waals surface area contributed by atoms with Gasteiger partial charge in [-0.05, 0) is 48.7 Å². The predicted octanol–water partition coefficient (Wildman–Crippen LogP) is 5.17. The molecule has 9 heteroatoms. The van der Waals surface area contributed by atoms with Crippen molar-refractivity contribution in [2.45, 2.75) is 13.3 Å². The van der Waals surface area contributed by atoms with E-state index in [0.717, 1.165) is 22.2 Å². The van der Waals surface area contributed by atoms with Crippen molar-refractivity contribution in [3.8, 4) is 0 Å². The summed E-state index contributed by atoms with van der Waals surface area (Å²) < 4.78 is 0. The van der Waals surface area contributed by atoms with Crippen LogP contribution in [0, 0.1) is 17.0 Å². The van der Waals surface area contributed by atoms with Crippen molar-refractivity contribution in [3.63, 3.8) is 0 Å². The summed E-state index contributed by atoms with van der Waals surface area (Å²) in [4.78, 5) is 40.0. The van der Waals surface area contributed by atoms with Gasteiger partial charge >= 0.3 is 0 Å². The maximum Gasteiger partial charge on any atom is 0.270 e. The molecule has 0 fully saturated rings. The number of nitrogens with zero attached hydrogens (tertiary/aromatic N) is 1. The summed E-state index contributed by atoms with van der Waals surface area (Å²) in [6.07, 6.45) is 1.97. The number of para-hydroxylation sites is 1. The van der Waals surface area contributed by atoms with E-state index in [1.165, 1.54) is 24.3 Å². The molecule has 4 aromatic rings. The molecular weight excluding hydrogens is 480 g/mol. The molecule has 3 aromatic carbocycles. The van der Waals surface area contributed by atoms with Crippen LogP contribution < -0.4 is 10.6 Å². The summed E-state index contributed by atoms with van der Waals surface area (Å²) in [7, 11) is 0. The molecule has 8 nitrogen and oxygen atoms in total. The first-order chi connectivity index (χ1) is 17.3. The van der Waals surface area contributed by atoms with Crippen molar-refractivity contribution in [3.05, 3.63) is 116 Å². The number of hydrogen-bond donors (Lipinski definition) is 3. The molecule has 0 bridgehead atoms. The van der Waals surface area contributed by atoms with Gasteiger partial charge in [-0.25, -0.2) is 0 Å². The zero-order valence-electron chi connectivity index (χ0n) is 19.4. The number of benzene rings is 3. The van der Waals surface area contributed by atoms with Gasteiger partial charge in [-0.2, -0.15) is 0 Å². The fourth-order valence-electron chi connectivity index (χ4n) is 3.94. The Morgan fingerprint density at radius 1 is 1.06 bits per heavy atom. The van der Waals surface area contributed by atoms with Crippen LogP contribution in [0.25, 0.3) is 17.0 Å². The molecule has 3 N–H and O–H groups in total. The van der Waals surface area contributed by atoms with E-state index >= 15 is 0 Å². The fraction of sp³-hybridized carbons (Fsp3) is 0.111. The molecule has 36 heavy (non-hydrogen) atoms. The maximum absolute atomic E-state index is 13.1. The number of aryl methyl sites for hydroxylation is 1. The Bertz CT molecular complexity index is 1490. The topological polar surface area (TPSA) is 117 Å². The number of aromatic nitrogens is 1. The highest BCUT2D eigenvalue weighted by atomic mass is 35.5. The average Bonchev–Trinajstić information content (AvgIpc) is 3.18. The monoisotopic (exact) mass is 502 g/mol. The molecule has 0 saturated heterocycles. The van der Waals surface area contributed by atoms with Crippen molar-refractivity contribution in [1.29, 1.82) is 0 Å². The van der Waals surface area contributed by atoms with Crippen LogP contribution in [-0.4, -0.2) is 28.3 Å². The van der Waals surface area contributed by atoms with E-state index in [1.54, 1.807) is 30.3 Å². The zero-order chi connectivity index (χ0) is 25.7. The van der Waals surface area contributed by atoms with E-state index in [0.29, 0.717) is 18.5 Å². The summed E-state index contributed by atoms with van der Waals surface area (Å²) in [5, 5.41) is 17.9. The second-order valence-corrected chi connectivity index (χ2v) is 8.53. The number of H-pyrrole nitrogens is 1. The van der Waals surface area contributed by atoms with Gasteiger partial charge in [-0.1, -0.05) is 54.1 Å². The van der Waals surface area contributed by atoms with E-state index in [-0.39, 0.29) is 22.0 Å². The zero-order valence-corrected chi connectivity index (χ0v) is 20.1. The van der Waals surface area contributed by atoms with Crippen LogP contribution in [0.15, 0.2) is 78.5 Å². The first kappa shape index (κ1) is 24.7. The van der Waals surface area contributed by atoms with Crippen molar-refractivity contribution in [2.75, 3.05) is 6.54 Å². The summed E-state index contributed by atoms with van der Waals surface area (Å²) in [5.74, 6) is -1.10. The minimum atomic E-state index is -0.570. The van der Waals surface area contributed by atoms with Crippen LogP contribution in [0.3, 0.4) is 0 Å². The Kier molecular flexibility index (Phi) is 7.46. The van der Waals surface area contributed by atoms with Crippen molar-refractivity contribution in [1.82, 2.24) is 15.6 Å². The summed E-state index contributed by atoms with van der Waals surface area (Å²) in [5.41, 5.74) is 3.54. The van der Waals surface area contributed by atoms with Crippen LogP contribution in [0.2, 0.25) is 5.02 Å². The molecule has 182 valence electrons. The average molecular weight is 503 g/mol. The molecule has 0 saturated carbocycles. The van der Waals surface area contributed by atoms with Crippen molar-refractivity contribution < 1.29 is 14.5 Å². The van der Waals surface area contributed by atoms with E-state index in [9.17, 15) is 19.7 Å². The third-order valence-corrected chi connectivity index (χ3v) is 6.02. The number of carbonyl (C=O) groups excluding carboxylic acids is 2. The molecule has 1 heterocycles. The number of carbonyl (C=O) groups is 2. The van der Waals surface area contributed by atoms with E-state index in [4.69, 9.17) is 11.6 Å². The number of nitrogens with one attached hydrogen (secondary N) is 3. The lowest BCUT2D eigenvalue weighted by molar-refractivity contribution is -0.384. The number of aromatic amines is 1. The van der Waals surface area contributed by atoms with E-state index < -0.39 is 16.7 Å². The molecule has 0 unspecified atom stereocenters. The number of nitro groups is 1. The Balaban J connectivity index is 1.56. The Morgan fingerprint density at radius 2 is 1.81 bits per heavy atom. The van der Waals surface area contributed by atoms with Crippen LogP contribution in [0.4, 0.5) is 5.69 Å². The highest BCUT2D eigenvalue weighted by molar-refractivity contribution is 6.34. The van der Waals surface area contributed by atoms with Gasteiger partial charge in [0.15, 0.2) is 0 Å². The number of halogens is 1. The lowest BCUT2D eigenvalue weighted by Crippen LogP contribution is -2.36. The van der Waals surface area contributed by atoms with E-state index in [2.05, 4.69) is 15.6 Å². The molecule has 1 aromatic heterocycles. The fourth-order valence-corrected chi connectivity index (χ4v) is 4.16. The van der Waals surface area contributed by atoms with Crippen LogP contribution in [0.1, 0.15) is 27.2 Å². The summed E-state index contributed by atoms with van der Waals surface area (Å²) >= 11 is 6.14. The minimum absolute atomic E-state index is 0.0592. The third kappa shape index (κ3) is 5.61. The lowest BCUT2D eigenvalue weighted by atomic mass is 10.1. The van der Waals surface area contributed by atoms with Gasteiger partial charge in [0.2, 0.25) is 0 Å². The minimum Gasteiger partial charge on any atom is -0.358 e. The molecule has 0 aliphatic rings. The molecule has 0 aliphatic heterocycles. The van der Waals surface area contributed by atoms with Gasteiger partial charge in [0.25, 0.3) is 17.5 Å². The number of nitro benzene ring substituents is 1. The van der Waals surface area contributed by atoms with Crippen LogP contribution >= 0.6 is 11.6 Å². The molecular formula is C27H23ClN4O4. The van der Waals surface area contributed by atoms with Gasteiger partial charge in [0, 0.05) is 35.3 Å². The first-order valence-electron chi connectivity index (χ1n) is 11.2. The summed E-state index contributed by atoms with van der Waals surface area (Å²) in [6.45, 7) is 2.30. The van der Waals surface area contributed by atoms with Gasteiger partial charge < -0.3 is 15.6 Å². The second-order valence-electron chi connectivity index (χ2n) is 8.12. The summed E-state index contributed by atoms with van der Waals surface area (Å²) in [6, 6.07) is 20.2. The number of rotatable bonds is 8. The SMILES string of the molecule is Cc1[nH]c2ccccc2c1CCNC(=O)/C(=C/c1cccc([N+](=O)[O-])c1)NC(=O)c1ccccc1Cl. The number of fused-ring (bicyclic) bond motifs is 1.